The number of aromatic nitrogens is 2. The summed E-state index contributed by atoms with van der Waals surface area (Å²) >= 11 is 9.11. The van der Waals surface area contributed by atoms with Gasteiger partial charge in [0.15, 0.2) is 0 Å². The van der Waals surface area contributed by atoms with Gasteiger partial charge in [-0.2, -0.15) is 0 Å². The zero-order valence-electron chi connectivity index (χ0n) is 14.4. The first kappa shape index (κ1) is 19.5. The number of hydrogen-bond donors (Lipinski definition) is 0. The van der Waals surface area contributed by atoms with Crippen LogP contribution >= 0.6 is 54.5 Å². The second-order valence-corrected chi connectivity index (χ2v) is 9.21. The molecule has 0 unspecified atom stereocenters. The Morgan fingerprint density at radius 1 is 0.857 bits per heavy atom. The van der Waals surface area contributed by atoms with Crippen molar-refractivity contribution in [3.8, 4) is 5.69 Å². The molecule has 0 aliphatic heterocycles. The van der Waals surface area contributed by atoms with Gasteiger partial charge in [0.1, 0.15) is 5.82 Å². The molecule has 138 valence electrons. The fourth-order valence-electron chi connectivity index (χ4n) is 2.87. The molecule has 0 saturated heterocycles. The maximum absolute atomic E-state index is 13.3. The van der Waals surface area contributed by atoms with Gasteiger partial charge in [0, 0.05) is 12.5 Å². The molecule has 0 saturated carbocycles. The van der Waals surface area contributed by atoms with Crippen molar-refractivity contribution in [1.82, 2.24) is 9.55 Å². The minimum absolute atomic E-state index is 0.0821. The van der Waals surface area contributed by atoms with Crippen molar-refractivity contribution in [1.29, 1.82) is 0 Å². The van der Waals surface area contributed by atoms with E-state index < -0.39 is 0 Å². The summed E-state index contributed by atoms with van der Waals surface area (Å²) in [6.07, 6.45) is 3.84. The van der Waals surface area contributed by atoms with Gasteiger partial charge in [-0.1, -0.05) is 50.1 Å². The van der Waals surface area contributed by atoms with Crippen LogP contribution in [0.2, 0.25) is 0 Å². The molecule has 4 rings (SSSR count). The van der Waals surface area contributed by atoms with E-state index in [1.807, 2.05) is 78.9 Å². The van der Waals surface area contributed by atoms with Gasteiger partial charge in [-0.15, -0.1) is 0 Å². The molecule has 4 aromatic rings. The lowest BCUT2D eigenvalue weighted by Crippen LogP contribution is -2.22. The van der Waals surface area contributed by atoms with E-state index in [2.05, 4.69) is 54.5 Å². The Morgan fingerprint density at radius 2 is 1.50 bits per heavy atom. The van der Waals surface area contributed by atoms with E-state index in [-0.39, 0.29) is 5.56 Å². The van der Waals surface area contributed by atoms with Crippen LogP contribution < -0.4 is 5.56 Å². The van der Waals surface area contributed by atoms with Crippen LogP contribution in [0.3, 0.4) is 0 Å². The quantitative estimate of drug-likeness (QED) is 0.243. The van der Waals surface area contributed by atoms with Crippen LogP contribution in [0.1, 0.15) is 11.4 Å². The molecule has 0 spiro atoms. The average Bonchev–Trinajstić information content (AvgIpc) is 2.69. The molecule has 1 heterocycles. The second kappa shape index (κ2) is 8.31. The van der Waals surface area contributed by atoms with Gasteiger partial charge in [-0.05, 0) is 88.8 Å². The second-order valence-electron chi connectivity index (χ2n) is 6.13. The lowest BCUT2D eigenvalue weighted by Gasteiger charge is -2.12. The van der Waals surface area contributed by atoms with E-state index in [9.17, 15) is 4.79 Å². The zero-order chi connectivity index (χ0) is 19.7. The smallest absolute Gasteiger partial charge is 0.266 e. The van der Waals surface area contributed by atoms with Gasteiger partial charge in [0.25, 0.3) is 5.56 Å². The van der Waals surface area contributed by atoms with Crippen LogP contribution in [-0.2, 0) is 0 Å². The third kappa shape index (κ3) is 4.14. The number of benzene rings is 3. The molecule has 0 aliphatic rings. The van der Waals surface area contributed by atoms with E-state index in [0.29, 0.717) is 16.7 Å². The number of hydrogen-bond acceptors (Lipinski definition) is 2. The molecule has 6 heteroatoms. The summed E-state index contributed by atoms with van der Waals surface area (Å²) in [4.78, 5) is 18.1. The predicted molar refractivity (Wildman–Crippen MR) is 131 cm³/mol. The number of nitrogens with zero attached hydrogens (tertiary/aromatic N) is 2. The van der Waals surface area contributed by atoms with Crippen molar-refractivity contribution in [2.24, 2.45) is 0 Å². The van der Waals surface area contributed by atoms with Crippen LogP contribution in [0, 0.1) is 3.57 Å². The van der Waals surface area contributed by atoms with Gasteiger partial charge < -0.3 is 0 Å². The first-order valence-corrected chi connectivity index (χ1v) is 11.1. The molecule has 0 aliphatic carbocycles. The Kier molecular flexibility index (Phi) is 5.80. The minimum Gasteiger partial charge on any atom is -0.268 e. The summed E-state index contributed by atoms with van der Waals surface area (Å²) in [5.41, 5.74) is 2.41. The molecule has 0 atom stereocenters. The van der Waals surface area contributed by atoms with Crippen molar-refractivity contribution in [3.05, 3.63) is 101 Å². The van der Waals surface area contributed by atoms with Crippen LogP contribution in [0.15, 0.2) is 80.5 Å². The largest absolute Gasteiger partial charge is 0.268 e. The SMILES string of the molecule is O=c1c2cc(I)ccc2nc(C=Cc2ccc(Br)cc2)n1-c1ccc(Br)cc1. The molecule has 3 nitrogen and oxygen atoms in total. The van der Waals surface area contributed by atoms with Gasteiger partial charge in [0.05, 0.1) is 16.6 Å². The van der Waals surface area contributed by atoms with Crippen molar-refractivity contribution in [2.75, 3.05) is 0 Å². The Labute approximate surface area is 192 Å². The van der Waals surface area contributed by atoms with E-state index in [1.54, 1.807) is 4.57 Å². The van der Waals surface area contributed by atoms with Crippen molar-refractivity contribution < 1.29 is 0 Å². The lowest BCUT2D eigenvalue weighted by molar-refractivity contribution is 0.943. The maximum Gasteiger partial charge on any atom is 0.266 e. The summed E-state index contributed by atoms with van der Waals surface area (Å²) in [5, 5.41) is 0.607. The van der Waals surface area contributed by atoms with Crippen molar-refractivity contribution >= 4 is 77.5 Å². The Hall–Kier alpha value is -1.77. The molecular weight excluding hydrogens is 595 g/mol. The summed E-state index contributed by atoms with van der Waals surface area (Å²) in [7, 11) is 0. The molecule has 0 radical (unpaired) electrons. The predicted octanol–water partition coefficient (Wildman–Crippen LogP) is 6.69. The fourth-order valence-corrected chi connectivity index (χ4v) is 3.89. The summed E-state index contributed by atoms with van der Waals surface area (Å²) in [6.45, 7) is 0. The van der Waals surface area contributed by atoms with E-state index in [1.165, 1.54) is 0 Å². The Morgan fingerprint density at radius 3 is 2.18 bits per heavy atom. The number of fused-ring (bicyclic) bond motifs is 1. The number of halogens is 3. The van der Waals surface area contributed by atoms with Gasteiger partial charge in [-0.25, -0.2) is 4.98 Å². The van der Waals surface area contributed by atoms with Crippen LogP contribution in [0.4, 0.5) is 0 Å². The topological polar surface area (TPSA) is 34.9 Å². The summed E-state index contributed by atoms with van der Waals surface area (Å²) < 4.78 is 4.64. The Bertz CT molecular complexity index is 1250. The molecule has 3 aromatic carbocycles. The molecule has 1 aromatic heterocycles. The molecule has 0 bridgehead atoms. The van der Waals surface area contributed by atoms with Crippen LogP contribution in [0.5, 0.6) is 0 Å². The highest BCUT2D eigenvalue weighted by Gasteiger charge is 2.11. The highest BCUT2D eigenvalue weighted by Crippen LogP contribution is 2.19. The van der Waals surface area contributed by atoms with Gasteiger partial charge in [0.2, 0.25) is 0 Å². The highest BCUT2D eigenvalue weighted by atomic mass is 127. The normalized spacial score (nSPS) is 11.4. The fraction of sp³-hybridized carbons (Fsp3) is 0. The third-order valence-corrected chi connectivity index (χ3v) is 5.96. The first-order chi connectivity index (χ1) is 13.5. The van der Waals surface area contributed by atoms with Crippen LogP contribution in [0.25, 0.3) is 28.7 Å². The van der Waals surface area contributed by atoms with Crippen LogP contribution in [-0.4, -0.2) is 9.55 Å². The maximum atomic E-state index is 13.3. The molecule has 0 fully saturated rings. The van der Waals surface area contributed by atoms with E-state index >= 15 is 0 Å². The average molecular weight is 608 g/mol. The van der Waals surface area contributed by atoms with E-state index in [4.69, 9.17) is 4.98 Å². The third-order valence-electron chi connectivity index (χ3n) is 4.24. The first-order valence-electron chi connectivity index (χ1n) is 8.43. The number of rotatable bonds is 3. The van der Waals surface area contributed by atoms with Gasteiger partial charge >= 0.3 is 0 Å². The minimum atomic E-state index is -0.0821. The molecule has 28 heavy (non-hydrogen) atoms. The summed E-state index contributed by atoms with van der Waals surface area (Å²) in [5.74, 6) is 0.587. The molecule has 0 N–H and O–H groups in total. The van der Waals surface area contributed by atoms with Crippen molar-refractivity contribution in [2.45, 2.75) is 0 Å². The lowest BCUT2D eigenvalue weighted by atomic mass is 10.2. The summed E-state index contributed by atoms with van der Waals surface area (Å²) in [6, 6.07) is 21.4. The molecule has 0 amide bonds. The van der Waals surface area contributed by atoms with E-state index in [0.717, 1.165) is 23.8 Å². The van der Waals surface area contributed by atoms with Gasteiger partial charge in [-0.3, -0.25) is 9.36 Å². The highest BCUT2D eigenvalue weighted by molar-refractivity contribution is 14.1. The zero-order valence-corrected chi connectivity index (χ0v) is 19.8. The Balaban J connectivity index is 1.93. The monoisotopic (exact) mass is 606 g/mol. The standard InChI is InChI=1S/C22H13Br2IN2O/c23-15-4-1-14(2-5-15)3-12-21-26-20-11-8-17(25)13-19(20)22(28)27(21)18-9-6-16(24)7-10-18/h1-13H. The van der Waals surface area contributed by atoms with Crippen molar-refractivity contribution in [3.63, 3.8) is 0 Å². The molecular formula is C22H13Br2IN2O.